The second-order valence-corrected chi connectivity index (χ2v) is 8.84. The van der Waals surface area contributed by atoms with Gasteiger partial charge < -0.3 is 36.8 Å². The highest BCUT2D eigenvalue weighted by Crippen LogP contribution is 2.39. The number of piperazine rings is 1. The van der Waals surface area contributed by atoms with Crippen molar-refractivity contribution in [3.8, 4) is 11.6 Å². The lowest BCUT2D eigenvalue weighted by atomic mass is 9.86. The van der Waals surface area contributed by atoms with Crippen molar-refractivity contribution < 1.29 is 9.84 Å². The maximum Gasteiger partial charge on any atom is 0.215 e. The van der Waals surface area contributed by atoms with Crippen LogP contribution in [0.4, 0.5) is 5.69 Å². The minimum absolute atomic E-state index is 0.129. The van der Waals surface area contributed by atoms with Gasteiger partial charge in [0, 0.05) is 54.4 Å². The van der Waals surface area contributed by atoms with E-state index in [1.807, 2.05) is 24.4 Å². The fraction of sp³-hybridized carbons (Fsp3) is 0.375. The van der Waals surface area contributed by atoms with Gasteiger partial charge in [0.1, 0.15) is 17.7 Å². The van der Waals surface area contributed by atoms with E-state index < -0.39 is 0 Å². The van der Waals surface area contributed by atoms with Crippen LogP contribution in [0.25, 0.3) is 5.70 Å². The number of phenolic OH excluding ortho intramolecular Hbond substituents is 1. The van der Waals surface area contributed by atoms with Gasteiger partial charge >= 0.3 is 0 Å². The number of aromatic hydroxyl groups is 1. The topological polar surface area (TPSA) is 127 Å². The average molecular weight is 435 g/mol. The van der Waals surface area contributed by atoms with E-state index in [-0.39, 0.29) is 23.7 Å². The molecule has 3 aliphatic heterocycles. The van der Waals surface area contributed by atoms with Gasteiger partial charge in [-0.1, -0.05) is 12.1 Å². The molecule has 7 N–H and O–H groups in total. The zero-order chi connectivity index (χ0) is 22.2. The Morgan fingerprint density at radius 1 is 1.09 bits per heavy atom. The molecule has 1 aromatic carbocycles. The molecule has 32 heavy (non-hydrogen) atoms. The molecule has 0 radical (unpaired) electrons. The van der Waals surface area contributed by atoms with Crippen LogP contribution in [0.1, 0.15) is 31.2 Å². The number of ether oxygens (including phenoxy) is 1. The first-order chi connectivity index (χ1) is 15.5. The van der Waals surface area contributed by atoms with E-state index in [1.54, 1.807) is 24.3 Å². The number of rotatable bonds is 6. The van der Waals surface area contributed by atoms with Crippen LogP contribution in [0.15, 0.2) is 60.2 Å². The summed E-state index contributed by atoms with van der Waals surface area (Å²) in [6.07, 6.45) is 8.44. The molecule has 1 aromatic heterocycles. The van der Waals surface area contributed by atoms with Crippen LogP contribution in [0.5, 0.6) is 11.6 Å². The minimum Gasteiger partial charge on any atom is -0.507 e. The van der Waals surface area contributed by atoms with Crippen LogP contribution in [0, 0.1) is 0 Å². The Morgan fingerprint density at radius 2 is 1.84 bits per heavy atom. The second-order valence-electron chi connectivity index (χ2n) is 8.84. The summed E-state index contributed by atoms with van der Waals surface area (Å²) in [7, 11) is 0. The number of hydrogen-bond donors (Lipinski definition) is 4. The third kappa shape index (κ3) is 3.77. The molecule has 8 heteroatoms. The number of piperidine rings is 1. The van der Waals surface area contributed by atoms with E-state index in [9.17, 15) is 5.11 Å². The van der Waals surface area contributed by atoms with Crippen LogP contribution < -0.4 is 26.8 Å². The SMILES string of the molecule is NC(N)=C(/C=C(\N)c1ccccc1O)N1C2CC1CN(c1ccnc(OC3CCC3)c1)C2. The number of para-hydroxylation sites is 1. The Morgan fingerprint density at radius 3 is 2.50 bits per heavy atom. The van der Waals surface area contributed by atoms with Crippen LogP contribution in [0.3, 0.4) is 0 Å². The third-order valence-corrected chi connectivity index (χ3v) is 6.70. The maximum absolute atomic E-state index is 10.1. The molecule has 4 aliphatic rings. The molecule has 0 spiro atoms. The normalized spacial score (nSPS) is 22.7. The van der Waals surface area contributed by atoms with E-state index in [2.05, 4.69) is 14.8 Å². The summed E-state index contributed by atoms with van der Waals surface area (Å²) in [6.45, 7) is 1.70. The van der Waals surface area contributed by atoms with Gasteiger partial charge in [-0.25, -0.2) is 4.98 Å². The van der Waals surface area contributed by atoms with Gasteiger partial charge in [-0.3, -0.25) is 0 Å². The van der Waals surface area contributed by atoms with Gasteiger partial charge in [-0.15, -0.1) is 0 Å². The smallest absolute Gasteiger partial charge is 0.215 e. The fourth-order valence-corrected chi connectivity index (χ4v) is 4.78. The van der Waals surface area contributed by atoms with Crippen LogP contribution >= 0.6 is 0 Å². The predicted octanol–water partition coefficient (Wildman–Crippen LogP) is 2.07. The van der Waals surface area contributed by atoms with Crippen molar-refractivity contribution in [1.29, 1.82) is 0 Å². The highest BCUT2D eigenvalue weighted by atomic mass is 16.5. The number of anilines is 1. The van der Waals surface area contributed by atoms with Gasteiger partial charge in [0.25, 0.3) is 0 Å². The highest BCUT2D eigenvalue weighted by molar-refractivity contribution is 5.70. The van der Waals surface area contributed by atoms with E-state index in [4.69, 9.17) is 21.9 Å². The monoisotopic (exact) mass is 434 g/mol. The van der Waals surface area contributed by atoms with Crippen molar-refractivity contribution in [2.75, 3.05) is 18.0 Å². The zero-order valence-corrected chi connectivity index (χ0v) is 18.0. The fourth-order valence-electron chi connectivity index (χ4n) is 4.78. The summed E-state index contributed by atoms with van der Waals surface area (Å²) in [5.41, 5.74) is 21.2. The standard InChI is InChI=1S/C24H30N6O2/c25-20(19-6-1-2-7-22(19)31)12-21(24(26)27)30-16-10-17(30)14-29(13-16)15-8-9-28-23(11-15)32-18-4-3-5-18/h1-2,6-9,11-12,16-18,31H,3-5,10,13-14,25-27H2/b20-12-. The molecule has 2 aromatic rings. The summed E-state index contributed by atoms with van der Waals surface area (Å²) in [4.78, 5) is 9.00. The molecule has 2 unspecified atom stereocenters. The predicted molar refractivity (Wildman–Crippen MR) is 124 cm³/mol. The van der Waals surface area contributed by atoms with E-state index in [1.165, 1.54) is 6.42 Å². The molecule has 1 aliphatic carbocycles. The first kappa shape index (κ1) is 20.4. The van der Waals surface area contributed by atoms with E-state index in [0.29, 0.717) is 23.2 Å². The zero-order valence-electron chi connectivity index (χ0n) is 18.0. The number of aromatic nitrogens is 1. The van der Waals surface area contributed by atoms with E-state index in [0.717, 1.165) is 43.7 Å². The number of nitrogens with zero attached hydrogens (tertiary/aromatic N) is 3. The Balaban J connectivity index is 1.31. The summed E-state index contributed by atoms with van der Waals surface area (Å²) in [5, 5.41) is 10.1. The molecule has 2 bridgehead atoms. The molecule has 4 heterocycles. The van der Waals surface area contributed by atoms with Crippen LogP contribution in [0.2, 0.25) is 0 Å². The van der Waals surface area contributed by atoms with Crippen molar-refractivity contribution >= 4 is 11.4 Å². The second kappa shape index (κ2) is 8.18. The number of fused-ring (bicyclic) bond motifs is 2. The van der Waals surface area contributed by atoms with Gasteiger partial charge in [0.2, 0.25) is 5.88 Å². The van der Waals surface area contributed by atoms with Gasteiger partial charge in [0.05, 0.1) is 5.70 Å². The third-order valence-electron chi connectivity index (χ3n) is 6.70. The van der Waals surface area contributed by atoms with Crippen LogP contribution in [-0.2, 0) is 0 Å². The Labute approximate surface area is 188 Å². The molecule has 2 atom stereocenters. The van der Waals surface area contributed by atoms with Crippen LogP contribution in [-0.4, -0.2) is 46.3 Å². The lowest BCUT2D eigenvalue weighted by Gasteiger charge is -2.58. The molecule has 0 amide bonds. The molecule has 6 rings (SSSR count). The average Bonchev–Trinajstić information content (AvgIpc) is 2.76. The summed E-state index contributed by atoms with van der Waals surface area (Å²) < 4.78 is 5.98. The van der Waals surface area contributed by atoms with Crippen molar-refractivity contribution in [2.24, 2.45) is 17.2 Å². The minimum atomic E-state index is 0.129. The Bertz CT molecular complexity index is 1050. The first-order valence-electron chi connectivity index (χ1n) is 11.2. The largest absolute Gasteiger partial charge is 0.507 e. The Hall–Kier alpha value is -3.55. The lowest BCUT2D eigenvalue weighted by molar-refractivity contribution is 0.0376. The number of benzene rings is 1. The van der Waals surface area contributed by atoms with Crippen molar-refractivity contribution in [2.45, 2.75) is 43.9 Å². The van der Waals surface area contributed by atoms with Crippen molar-refractivity contribution in [3.63, 3.8) is 0 Å². The van der Waals surface area contributed by atoms with Crippen molar-refractivity contribution in [3.05, 3.63) is 65.8 Å². The molecule has 1 saturated carbocycles. The highest BCUT2D eigenvalue weighted by Gasteiger charge is 2.46. The number of pyridine rings is 1. The molecule has 4 fully saturated rings. The molecular weight excluding hydrogens is 404 g/mol. The lowest BCUT2D eigenvalue weighted by Crippen LogP contribution is -2.68. The number of hydrogen-bond acceptors (Lipinski definition) is 8. The summed E-state index contributed by atoms with van der Waals surface area (Å²) in [5.74, 6) is 1.06. The molecule has 8 nitrogen and oxygen atoms in total. The first-order valence-corrected chi connectivity index (χ1v) is 11.2. The molecule has 3 saturated heterocycles. The van der Waals surface area contributed by atoms with Gasteiger partial charge in [-0.05, 0) is 50.0 Å². The van der Waals surface area contributed by atoms with E-state index >= 15 is 0 Å². The quantitative estimate of drug-likeness (QED) is 0.509. The maximum atomic E-state index is 10.1. The molecular formula is C24H30N6O2. The summed E-state index contributed by atoms with van der Waals surface area (Å²) in [6, 6.07) is 11.6. The Kier molecular flexibility index (Phi) is 5.20. The van der Waals surface area contributed by atoms with Crippen molar-refractivity contribution in [1.82, 2.24) is 9.88 Å². The van der Waals surface area contributed by atoms with Gasteiger partial charge in [0.15, 0.2) is 0 Å². The number of phenols is 1. The summed E-state index contributed by atoms with van der Waals surface area (Å²) >= 11 is 0. The number of allylic oxidation sites excluding steroid dienone is 1. The molecule has 168 valence electrons. The number of nitrogens with two attached hydrogens (primary N) is 3. The van der Waals surface area contributed by atoms with Gasteiger partial charge in [-0.2, -0.15) is 0 Å².